The smallest absolute Gasteiger partial charge is 0.254 e. The minimum Gasteiger partial charge on any atom is -0.328 e. The van der Waals surface area contributed by atoms with Crippen LogP contribution in [-0.4, -0.2) is 35.3 Å². The fourth-order valence-corrected chi connectivity index (χ4v) is 4.12. The summed E-state index contributed by atoms with van der Waals surface area (Å²) < 4.78 is 52.9. The monoisotopic (exact) mass is 431 g/mol. The summed E-state index contributed by atoms with van der Waals surface area (Å²) in [7, 11) is -3.44. The number of carbonyl (C=O) groups is 1. The number of sulfone groups is 1. The summed E-state index contributed by atoms with van der Waals surface area (Å²) in [6, 6.07) is 6.99. The van der Waals surface area contributed by atoms with Gasteiger partial charge in [-0.2, -0.15) is 5.10 Å². The van der Waals surface area contributed by atoms with Gasteiger partial charge in [0.2, 0.25) is 0 Å². The zero-order valence-corrected chi connectivity index (χ0v) is 17.4. The first kappa shape index (κ1) is 20.2. The van der Waals surface area contributed by atoms with E-state index in [-0.39, 0.29) is 35.1 Å². The molecular weight excluding hydrogens is 412 g/mol. The van der Waals surface area contributed by atoms with Crippen LogP contribution in [0.5, 0.6) is 0 Å². The van der Waals surface area contributed by atoms with Crippen molar-refractivity contribution < 1.29 is 22.0 Å². The van der Waals surface area contributed by atoms with E-state index in [4.69, 9.17) is 0 Å². The summed E-state index contributed by atoms with van der Waals surface area (Å²) >= 11 is 0. The van der Waals surface area contributed by atoms with Crippen LogP contribution >= 0.6 is 0 Å². The number of amides is 1. The molecule has 0 bridgehead atoms. The molecule has 4 rings (SSSR count). The predicted octanol–water partition coefficient (Wildman–Crippen LogP) is 3.33. The molecule has 9 heteroatoms. The molecule has 0 aliphatic carbocycles. The average molecular weight is 431 g/mol. The fraction of sp³-hybridized carbons (Fsp3) is 0.238. The van der Waals surface area contributed by atoms with E-state index in [1.807, 2.05) is 0 Å². The minimum atomic E-state index is -3.44. The van der Waals surface area contributed by atoms with E-state index in [1.54, 1.807) is 24.1 Å². The SMILES string of the molecule is Cc1ccc(S(C)(=O)=O)cc1C(=O)N1Cc2cn(-c3ccc(F)c(C)c3F)nc2C1. The van der Waals surface area contributed by atoms with Crippen LogP contribution in [0.4, 0.5) is 8.78 Å². The van der Waals surface area contributed by atoms with Gasteiger partial charge >= 0.3 is 0 Å². The van der Waals surface area contributed by atoms with Crippen molar-refractivity contribution in [1.29, 1.82) is 0 Å². The number of hydrogen-bond acceptors (Lipinski definition) is 4. The standard InChI is InChI=1S/C21H19F2N3O3S/c1-12-4-5-15(30(3,28)29)8-16(12)21(27)25-9-14-10-26(24-18(14)11-25)19-7-6-17(22)13(2)20(19)23/h4-8,10H,9,11H2,1-3H3. The molecular formula is C21H19F2N3O3S. The highest BCUT2D eigenvalue weighted by atomic mass is 32.2. The van der Waals surface area contributed by atoms with Gasteiger partial charge in [0.25, 0.3) is 5.91 Å². The van der Waals surface area contributed by atoms with Crippen molar-refractivity contribution in [2.75, 3.05) is 6.26 Å². The molecule has 0 spiro atoms. The van der Waals surface area contributed by atoms with E-state index in [0.717, 1.165) is 11.8 Å². The van der Waals surface area contributed by atoms with Crippen LogP contribution in [-0.2, 0) is 22.9 Å². The Bertz CT molecular complexity index is 1280. The second-order valence-electron chi connectivity index (χ2n) is 7.46. The van der Waals surface area contributed by atoms with E-state index in [2.05, 4.69) is 5.10 Å². The first-order valence-corrected chi connectivity index (χ1v) is 11.1. The van der Waals surface area contributed by atoms with E-state index >= 15 is 0 Å². The molecule has 3 aromatic rings. The molecule has 0 fully saturated rings. The summed E-state index contributed by atoms with van der Waals surface area (Å²) in [6.45, 7) is 3.58. The molecule has 2 aromatic carbocycles. The molecule has 156 valence electrons. The Balaban J connectivity index is 1.60. The van der Waals surface area contributed by atoms with Crippen LogP contribution < -0.4 is 0 Å². The maximum absolute atomic E-state index is 14.4. The van der Waals surface area contributed by atoms with E-state index in [0.29, 0.717) is 16.8 Å². The Morgan fingerprint density at radius 2 is 1.83 bits per heavy atom. The van der Waals surface area contributed by atoms with Gasteiger partial charge in [-0.1, -0.05) is 6.07 Å². The van der Waals surface area contributed by atoms with Crippen LogP contribution in [0.25, 0.3) is 5.69 Å². The second-order valence-corrected chi connectivity index (χ2v) is 9.48. The lowest BCUT2D eigenvalue weighted by atomic mass is 10.1. The molecule has 1 aromatic heterocycles. The lowest BCUT2D eigenvalue weighted by Crippen LogP contribution is -2.27. The van der Waals surface area contributed by atoms with Crippen molar-refractivity contribution in [3.05, 3.63) is 76.1 Å². The van der Waals surface area contributed by atoms with Gasteiger partial charge in [0.05, 0.1) is 17.1 Å². The van der Waals surface area contributed by atoms with Gasteiger partial charge < -0.3 is 4.90 Å². The number of benzene rings is 2. The minimum absolute atomic E-state index is 0.0822. The zero-order chi connectivity index (χ0) is 21.8. The van der Waals surface area contributed by atoms with Crippen LogP contribution in [0.1, 0.15) is 32.7 Å². The summed E-state index contributed by atoms with van der Waals surface area (Å²) in [4.78, 5) is 14.6. The Kier molecular flexibility index (Phi) is 4.73. The molecule has 0 atom stereocenters. The second kappa shape index (κ2) is 7.02. The van der Waals surface area contributed by atoms with Gasteiger partial charge in [0.15, 0.2) is 15.7 Å². The summed E-state index contributed by atoms with van der Waals surface area (Å²) in [5, 5.41) is 4.36. The van der Waals surface area contributed by atoms with Crippen LogP contribution in [0.3, 0.4) is 0 Å². The van der Waals surface area contributed by atoms with Crippen molar-refractivity contribution in [3.8, 4) is 5.69 Å². The Morgan fingerprint density at radius 3 is 2.50 bits per heavy atom. The molecule has 0 N–H and O–H groups in total. The van der Waals surface area contributed by atoms with Gasteiger partial charge in [-0.15, -0.1) is 0 Å². The number of nitrogens with zero attached hydrogens (tertiary/aromatic N) is 3. The van der Waals surface area contributed by atoms with Crippen molar-refractivity contribution >= 4 is 15.7 Å². The molecule has 1 aliphatic heterocycles. The molecule has 0 saturated heterocycles. The van der Waals surface area contributed by atoms with Crippen molar-refractivity contribution in [2.45, 2.75) is 31.8 Å². The van der Waals surface area contributed by atoms with Gasteiger partial charge in [0.1, 0.15) is 11.5 Å². The molecule has 30 heavy (non-hydrogen) atoms. The first-order chi connectivity index (χ1) is 14.1. The summed E-state index contributed by atoms with van der Waals surface area (Å²) in [6.07, 6.45) is 2.72. The van der Waals surface area contributed by atoms with E-state index in [9.17, 15) is 22.0 Å². The Labute approximate surface area is 172 Å². The third-order valence-electron chi connectivity index (χ3n) is 5.28. The third kappa shape index (κ3) is 3.39. The highest BCUT2D eigenvalue weighted by Gasteiger charge is 2.29. The quantitative estimate of drug-likeness (QED) is 0.638. The topological polar surface area (TPSA) is 72.3 Å². The van der Waals surface area contributed by atoms with Crippen LogP contribution in [0.15, 0.2) is 41.4 Å². The molecule has 0 saturated carbocycles. The number of carbonyl (C=O) groups excluding carboxylic acids is 1. The molecule has 0 unspecified atom stereocenters. The van der Waals surface area contributed by atoms with Crippen molar-refractivity contribution in [2.24, 2.45) is 0 Å². The van der Waals surface area contributed by atoms with E-state index < -0.39 is 21.5 Å². The van der Waals surface area contributed by atoms with Gasteiger partial charge in [-0.25, -0.2) is 21.9 Å². The maximum Gasteiger partial charge on any atom is 0.254 e. The van der Waals surface area contributed by atoms with Gasteiger partial charge in [-0.05, 0) is 43.7 Å². The average Bonchev–Trinajstić information content (AvgIpc) is 3.24. The summed E-state index contributed by atoms with van der Waals surface area (Å²) in [5.74, 6) is -1.61. The van der Waals surface area contributed by atoms with Gasteiger partial charge in [0, 0.05) is 35.7 Å². The van der Waals surface area contributed by atoms with Crippen LogP contribution in [0.2, 0.25) is 0 Å². The van der Waals surface area contributed by atoms with Crippen molar-refractivity contribution in [1.82, 2.24) is 14.7 Å². The number of halogens is 2. The molecule has 1 aliphatic rings. The zero-order valence-electron chi connectivity index (χ0n) is 16.6. The Morgan fingerprint density at radius 1 is 1.10 bits per heavy atom. The number of rotatable bonds is 3. The molecule has 0 radical (unpaired) electrons. The number of aromatic nitrogens is 2. The fourth-order valence-electron chi connectivity index (χ4n) is 3.48. The molecule has 2 heterocycles. The predicted molar refractivity (Wildman–Crippen MR) is 106 cm³/mol. The number of hydrogen-bond donors (Lipinski definition) is 0. The lowest BCUT2D eigenvalue weighted by molar-refractivity contribution is 0.0748. The van der Waals surface area contributed by atoms with Gasteiger partial charge in [-0.3, -0.25) is 4.79 Å². The summed E-state index contributed by atoms with van der Waals surface area (Å²) in [5.41, 5.74) is 2.41. The number of aryl methyl sites for hydroxylation is 1. The molecule has 6 nitrogen and oxygen atoms in total. The third-order valence-corrected chi connectivity index (χ3v) is 6.39. The maximum atomic E-state index is 14.4. The van der Waals surface area contributed by atoms with Crippen LogP contribution in [0, 0.1) is 25.5 Å². The lowest BCUT2D eigenvalue weighted by Gasteiger charge is -2.18. The highest BCUT2D eigenvalue weighted by Crippen LogP contribution is 2.27. The highest BCUT2D eigenvalue weighted by molar-refractivity contribution is 7.90. The first-order valence-electron chi connectivity index (χ1n) is 9.18. The largest absolute Gasteiger partial charge is 0.328 e. The Hall–Kier alpha value is -3.07. The molecule has 1 amide bonds. The normalized spacial score (nSPS) is 13.6. The van der Waals surface area contributed by atoms with Crippen molar-refractivity contribution in [3.63, 3.8) is 0 Å². The number of fused-ring (bicyclic) bond motifs is 1. The van der Waals surface area contributed by atoms with E-state index in [1.165, 1.54) is 35.9 Å².